The SMILES string of the molecule is COc1ccc(C(Br)C2CCOC2C)c(OC)c1Cl. The minimum Gasteiger partial charge on any atom is -0.495 e. The molecule has 5 heteroatoms. The first-order valence-corrected chi connectivity index (χ1v) is 7.55. The van der Waals surface area contributed by atoms with Crippen LogP contribution >= 0.6 is 27.5 Å². The molecule has 1 aromatic rings. The quantitative estimate of drug-likeness (QED) is 0.762. The van der Waals surface area contributed by atoms with Crippen LogP contribution < -0.4 is 9.47 Å². The van der Waals surface area contributed by atoms with Crippen molar-refractivity contribution in [2.75, 3.05) is 20.8 Å². The molecule has 0 N–H and O–H groups in total. The highest BCUT2D eigenvalue weighted by atomic mass is 79.9. The van der Waals surface area contributed by atoms with E-state index >= 15 is 0 Å². The van der Waals surface area contributed by atoms with Crippen LogP contribution in [-0.2, 0) is 4.74 Å². The molecule has 3 unspecified atom stereocenters. The van der Waals surface area contributed by atoms with Crippen molar-refractivity contribution in [3.8, 4) is 11.5 Å². The van der Waals surface area contributed by atoms with Crippen molar-refractivity contribution >= 4 is 27.5 Å². The molecule has 1 aromatic carbocycles. The minimum absolute atomic E-state index is 0.156. The second kappa shape index (κ2) is 6.33. The monoisotopic (exact) mass is 348 g/mol. The van der Waals surface area contributed by atoms with Crippen LogP contribution in [0.1, 0.15) is 23.7 Å². The molecule has 106 valence electrons. The lowest BCUT2D eigenvalue weighted by Gasteiger charge is -2.23. The van der Waals surface area contributed by atoms with Crippen molar-refractivity contribution in [2.45, 2.75) is 24.3 Å². The molecule has 0 bridgehead atoms. The number of alkyl halides is 1. The van der Waals surface area contributed by atoms with E-state index in [9.17, 15) is 0 Å². The third-order valence-electron chi connectivity index (χ3n) is 3.62. The van der Waals surface area contributed by atoms with E-state index in [1.807, 2.05) is 12.1 Å². The van der Waals surface area contributed by atoms with E-state index in [1.54, 1.807) is 14.2 Å². The van der Waals surface area contributed by atoms with Crippen molar-refractivity contribution in [1.82, 2.24) is 0 Å². The Kier molecular flexibility index (Phi) is 4.98. The third kappa shape index (κ3) is 2.86. The number of ether oxygens (including phenoxy) is 3. The van der Waals surface area contributed by atoms with E-state index in [0.717, 1.165) is 18.6 Å². The summed E-state index contributed by atoms with van der Waals surface area (Å²) in [6.07, 6.45) is 1.26. The Morgan fingerprint density at radius 2 is 2.11 bits per heavy atom. The molecule has 0 aromatic heterocycles. The van der Waals surface area contributed by atoms with E-state index in [-0.39, 0.29) is 10.9 Å². The van der Waals surface area contributed by atoms with Gasteiger partial charge in [-0.15, -0.1) is 0 Å². The van der Waals surface area contributed by atoms with E-state index in [4.69, 9.17) is 25.8 Å². The number of halogens is 2. The van der Waals surface area contributed by atoms with Gasteiger partial charge < -0.3 is 14.2 Å². The topological polar surface area (TPSA) is 27.7 Å². The molecule has 1 saturated heterocycles. The molecule has 3 atom stereocenters. The molecular formula is C14H18BrClO3. The molecule has 0 radical (unpaired) electrons. The van der Waals surface area contributed by atoms with E-state index in [1.165, 1.54) is 0 Å². The first-order chi connectivity index (χ1) is 9.10. The van der Waals surface area contributed by atoms with Gasteiger partial charge in [-0.2, -0.15) is 0 Å². The van der Waals surface area contributed by atoms with Gasteiger partial charge in [-0.05, 0) is 19.4 Å². The number of rotatable bonds is 4. The highest BCUT2D eigenvalue weighted by Crippen LogP contribution is 2.47. The molecule has 2 rings (SSSR count). The van der Waals surface area contributed by atoms with Gasteiger partial charge in [0.1, 0.15) is 16.5 Å². The lowest BCUT2D eigenvalue weighted by Crippen LogP contribution is -2.16. The summed E-state index contributed by atoms with van der Waals surface area (Å²) in [5, 5.41) is 0.513. The average molecular weight is 350 g/mol. The molecular weight excluding hydrogens is 332 g/mol. The third-order valence-corrected chi connectivity index (χ3v) is 5.15. The summed E-state index contributed by atoms with van der Waals surface area (Å²) < 4.78 is 16.3. The maximum Gasteiger partial charge on any atom is 0.145 e. The van der Waals surface area contributed by atoms with Gasteiger partial charge in [0.2, 0.25) is 0 Å². The predicted molar refractivity (Wildman–Crippen MR) is 79.7 cm³/mol. The van der Waals surface area contributed by atoms with Gasteiger partial charge in [-0.1, -0.05) is 33.6 Å². The maximum atomic E-state index is 6.30. The fourth-order valence-electron chi connectivity index (χ4n) is 2.50. The Morgan fingerprint density at radius 1 is 1.37 bits per heavy atom. The summed E-state index contributed by atoms with van der Waals surface area (Å²) >= 11 is 10.1. The second-order valence-corrected chi connectivity index (χ2v) is 6.00. The highest BCUT2D eigenvalue weighted by Gasteiger charge is 2.33. The Balaban J connectivity index is 2.36. The Morgan fingerprint density at radius 3 is 2.63 bits per heavy atom. The van der Waals surface area contributed by atoms with Crippen LogP contribution in [-0.4, -0.2) is 26.9 Å². The lowest BCUT2D eigenvalue weighted by atomic mass is 9.93. The zero-order valence-corrected chi connectivity index (χ0v) is 13.6. The van der Waals surface area contributed by atoms with Crippen LogP contribution in [0.2, 0.25) is 5.02 Å². The zero-order valence-electron chi connectivity index (χ0n) is 11.3. The van der Waals surface area contributed by atoms with Crippen molar-refractivity contribution in [1.29, 1.82) is 0 Å². The average Bonchev–Trinajstić information content (AvgIpc) is 2.83. The summed E-state index contributed by atoms with van der Waals surface area (Å²) in [6.45, 7) is 2.91. The number of benzene rings is 1. The van der Waals surface area contributed by atoms with E-state index < -0.39 is 0 Å². The summed E-state index contributed by atoms with van der Waals surface area (Å²) in [5.74, 6) is 1.71. The summed E-state index contributed by atoms with van der Waals surface area (Å²) in [4.78, 5) is 0.156. The molecule has 3 nitrogen and oxygen atoms in total. The van der Waals surface area contributed by atoms with Gasteiger partial charge in [0.25, 0.3) is 0 Å². The Hall–Kier alpha value is -0.450. The van der Waals surface area contributed by atoms with Gasteiger partial charge >= 0.3 is 0 Å². The predicted octanol–water partition coefficient (Wildman–Crippen LogP) is 4.22. The molecule has 19 heavy (non-hydrogen) atoms. The molecule has 0 spiro atoms. The Bertz CT molecular complexity index is 453. The van der Waals surface area contributed by atoms with Crippen LogP contribution in [0.3, 0.4) is 0 Å². The normalized spacial score (nSPS) is 24.3. The van der Waals surface area contributed by atoms with Crippen molar-refractivity contribution in [3.05, 3.63) is 22.7 Å². The number of methoxy groups -OCH3 is 2. The summed E-state index contributed by atoms with van der Waals surface area (Å²) in [7, 11) is 3.22. The largest absolute Gasteiger partial charge is 0.495 e. The highest BCUT2D eigenvalue weighted by molar-refractivity contribution is 9.09. The van der Waals surface area contributed by atoms with Gasteiger partial charge in [-0.25, -0.2) is 0 Å². The molecule has 0 saturated carbocycles. The van der Waals surface area contributed by atoms with Gasteiger partial charge in [-0.3, -0.25) is 0 Å². The Labute approximate surface area is 127 Å². The smallest absolute Gasteiger partial charge is 0.145 e. The number of hydrogen-bond donors (Lipinski definition) is 0. The van der Waals surface area contributed by atoms with Crippen LogP contribution in [0.15, 0.2) is 12.1 Å². The summed E-state index contributed by atoms with van der Waals surface area (Å²) in [6, 6.07) is 3.86. The van der Waals surface area contributed by atoms with E-state index in [0.29, 0.717) is 22.4 Å². The van der Waals surface area contributed by atoms with Crippen LogP contribution in [0.5, 0.6) is 11.5 Å². The molecule has 1 fully saturated rings. The molecule has 1 aliphatic rings. The zero-order chi connectivity index (χ0) is 14.0. The molecule has 0 amide bonds. The van der Waals surface area contributed by atoms with Crippen LogP contribution in [0, 0.1) is 5.92 Å². The first kappa shape index (κ1) is 14.9. The second-order valence-electron chi connectivity index (χ2n) is 4.63. The van der Waals surface area contributed by atoms with E-state index in [2.05, 4.69) is 22.9 Å². The molecule has 0 aliphatic carbocycles. The van der Waals surface area contributed by atoms with Gasteiger partial charge in [0.15, 0.2) is 0 Å². The standard InChI is InChI=1S/C14H18BrClO3/c1-8-9(6-7-19-8)12(15)10-4-5-11(17-2)13(16)14(10)18-3/h4-5,8-9,12H,6-7H2,1-3H3. The summed E-state index contributed by atoms with van der Waals surface area (Å²) in [5.41, 5.74) is 1.04. The van der Waals surface area contributed by atoms with Crippen molar-refractivity contribution in [2.24, 2.45) is 5.92 Å². The molecule has 1 aliphatic heterocycles. The minimum atomic E-state index is 0.156. The fourth-order valence-corrected chi connectivity index (χ4v) is 3.88. The van der Waals surface area contributed by atoms with Crippen LogP contribution in [0.4, 0.5) is 0 Å². The van der Waals surface area contributed by atoms with Gasteiger partial charge in [0.05, 0.1) is 20.3 Å². The van der Waals surface area contributed by atoms with Crippen LogP contribution in [0.25, 0.3) is 0 Å². The lowest BCUT2D eigenvalue weighted by molar-refractivity contribution is 0.105. The number of hydrogen-bond acceptors (Lipinski definition) is 3. The molecule has 1 heterocycles. The van der Waals surface area contributed by atoms with Crippen molar-refractivity contribution < 1.29 is 14.2 Å². The first-order valence-electron chi connectivity index (χ1n) is 6.26. The van der Waals surface area contributed by atoms with Crippen molar-refractivity contribution in [3.63, 3.8) is 0 Å². The maximum absolute atomic E-state index is 6.30. The van der Waals surface area contributed by atoms with Gasteiger partial charge in [0, 0.05) is 22.9 Å². The fraction of sp³-hybridized carbons (Fsp3) is 0.571.